The summed E-state index contributed by atoms with van der Waals surface area (Å²) in [5.74, 6) is -0.433. The summed E-state index contributed by atoms with van der Waals surface area (Å²) < 4.78 is 1.89. The second kappa shape index (κ2) is 7.23. The monoisotopic (exact) mass is 417 g/mol. The molecule has 1 saturated heterocycles. The van der Waals surface area contributed by atoms with Gasteiger partial charge in [-0.3, -0.25) is 19.8 Å². The number of amides is 4. The Balaban J connectivity index is 1.39. The van der Waals surface area contributed by atoms with Gasteiger partial charge in [0.15, 0.2) is 0 Å². The quantitative estimate of drug-likeness (QED) is 0.638. The van der Waals surface area contributed by atoms with E-state index in [1.54, 1.807) is 0 Å². The molecule has 1 fully saturated rings. The maximum absolute atomic E-state index is 13.3. The van der Waals surface area contributed by atoms with Gasteiger partial charge in [0.05, 0.1) is 11.0 Å². The number of nitrogens with zero attached hydrogens (tertiary/aromatic N) is 3. The third-order valence-electron chi connectivity index (χ3n) is 6.17. The van der Waals surface area contributed by atoms with Crippen LogP contribution in [0.5, 0.6) is 0 Å². The van der Waals surface area contributed by atoms with Gasteiger partial charge in [0.2, 0.25) is 11.9 Å². The van der Waals surface area contributed by atoms with Gasteiger partial charge >= 0.3 is 6.03 Å². The molecule has 158 valence electrons. The van der Waals surface area contributed by atoms with Crippen molar-refractivity contribution in [1.82, 2.24) is 19.8 Å². The molecular weight excluding hydrogens is 394 g/mol. The van der Waals surface area contributed by atoms with Gasteiger partial charge in [-0.25, -0.2) is 9.78 Å². The highest BCUT2D eigenvalue weighted by molar-refractivity contribution is 6.10. The number of hydrogen-bond donors (Lipinski definition) is 2. The number of carbonyl (C=O) groups is 3. The van der Waals surface area contributed by atoms with Crippen molar-refractivity contribution in [3.63, 3.8) is 0 Å². The number of carbonyl (C=O) groups excluding carboxylic acids is 3. The van der Waals surface area contributed by atoms with E-state index in [-0.39, 0.29) is 12.5 Å². The standard InChI is InChI=1S/C23H23N5O3/c1-2-27-18-12-6-5-11-17(18)24-21(27)25-19(29)14-28-20(30)23(26-22(28)31)13-7-9-15-8-3-4-10-16(15)23/h3-6,8,10-12H,2,7,9,13-14H2,1H3,(H,26,31)(H,24,25,29)/t23-/m0/s1. The molecule has 2 N–H and O–H groups in total. The van der Waals surface area contributed by atoms with Gasteiger partial charge in [-0.2, -0.15) is 0 Å². The van der Waals surface area contributed by atoms with Crippen molar-refractivity contribution >= 4 is 34.8 Å². The zero-order valence-electron chi connectivity index (χ0n) is 17.2. The summed E-state index contributed by atoms with van der Waals surface area (Å²) in [4.78, 5) is 44.3. The van der Waals surface area contributed by atoms with Crippen LogP contribution in [0.3, 0.4) is 0 Å². The lowest BCUT2D eigenvalue weighted by Crippen LogP contribution is -2.47. The number of aryl methyl sites for hydroxylation is 2. The number of rotatable bonds is 4. The maximum Gasteiger partial charge on any atom is 0.325 e. The van der Waals surface area contributed by atoms with E-state index in [4.69, 9.17) is 0 Å². The first-order chi connectivity index (χ1) is 15.0. The molecule has 0 radical (unpaired) electrons. The molecule has 2 heterocycles. The summed E-state index contributed by atoms with van der Waals surface area (Å²) >= 11 is 0. The molecule has 31 heavy (non-hydrogen) atoms. The van der Waals surface area contributed by atoms with Crippen LogP contribution >= 0.6 is 0 Å². The average Bonchev–Trinajstić information content (AvgIpc) is 3.24. The molecule has 1 spiro atoms. The summed E-state index contributed by atoms with van der Waals surface area (Å²) in [5.41, 5.74) is 2.49. The van der Waals surface area contributed by atoms with Gasteiger partial charge in [0.1, 0.15) is 12.1 Å². The number of fused-ring (bicyclic) bond motifs is 3. The lowest BCUT2D eigenvalue weighted by molar-refractivity contribution is -0.134. The van der Waals surface area contributed by atoms with Crippen LogP contribution in [-0.2, 0) is 28.1 Å². The number of nitrogens with one attached hydrogen (secondary N) is 2. The second-order valence-corrected chi connectivity index (χ2v) is 7.95. The van der Waals surface area contributed by atoms with Crippen LogP contribution in [0.15, 0.2) is 48.5 Å². The molecule has 0 bridgehead atoms. The Morgan fingerprint density at radius 3 is 2.77 bits per heavy atom. The predicted octanol–water partition coefficient (Wildman–Crippen LogP) is 2.78. The summed E-state index contributed by atoms with van der Waals surface area (Å²) in [5, 5.41) is 5.64. The van der Waals surface area contributed by atoms with Gasteiger partial charge in [0.25, 0.3) is 5.91 Å². The van der Waals surface area contributed by atoms with E-state index in [1.807, 2.05) is 60.0 Å². The first kappa shape index (κ1) is 19.3. The molecule has 2 aromatic carbocycles. The lowest BCUT2D eigenvalue weighted by Gasteiger charge is -2.33. The minimum atomic E-state index is -1.08. The molecule has 8 nitrogen and oxygen atoms in total. The lowest BCUT2D eigenvalue weighted by atomic mass is 9.76. The third-order valence-corrected chi connectivity index (χ3v) is 6.17. The second-order valence-electron chi connectivity index (χ2n) is 7.95. The SMILES string of the molecule is CCn1c(NC(=O)CN2C(=O)N[C@]3(CCCc4ccccc43)C2=O)nc2ccccc21. The Morgan fingerprint density at radius 1 is 1.16 bits per heavy atom. The summed E-state index contributed by atoms with van der Waals surface area (Å²) in [6.45, 7) is 2.23. The Labute approximate surface area is 179 Å². The summed E-state index contributed by atoms with van der Waals surface area (Å²) in [6.07, 6.45) is 2.19. The number of hydrogen-bond acceptors (Lipinski definition) is 4. The molecule has 8 heteroatoms. The molecular formula is C23H23N5O3. The topological polar surface area (TPSA) is 96.3 Å². The molecule has 2 aliphatic rings. The number of urea groups is 1. The molecule has 1 aromatic heterocycles. The van der Waals surface area contributed by atoms with Crippen molar-refractivity contribution in [1.29, 1.82) is 0 Å². The van der Waals surface area contributed by atoms with Crippen molar-refractivity contribution < 1.29 is 14.4 Å². The van der Waals surface area contributed by atoms with Crippen LogP contribution < -0.4 is 10.6 Å². The molecule has 0 unspecified atom stereocenters. The van der Waals surface area contributed by atoms with E-state index in [1.165, 1.54) is 0 Å². The zero-order chi connectivity index (χ0) is 21.6. The van der Waals surface area contributed by atoms with Crippen molar-refractivity contribution in [2.45, 2.75) is 38.3 Å². The largest absolute Gasteiger partial charge is 0.325 e. The minimum Gasteiger partial charge on any atom is -0.319 e. The molecule has 1 aliphatic carbocycles. The first-order valence-electron chi connectivity index (χ1n) is 10.5. The third kappa shape index (κ3) is 2.98. The Kier molecular flexibility index (Phi) is 4.50. The average molecular weight is 417 g/mol. The van der Waals surface area contributed by atoms with Gasteiger partial charge < -0.3 is 9.88 Å². The number of benzene rings is 2. The molecule has 1 atom stereocenters. The molecule has 0 saturated carbocycles. The van der Waals surface area contributed by atoms with Crippen LogP contribution in [0.4, 0.5) is 10.7 Å². The number of anilines is 1. The highest BCUT2D eigenvalue weighted by atomic mass is 16.2. The Morgan fingerprint density at radius 2 is 1.94 bits per heavy atom. The van der Waals surface area contributed by atoms with Gasteiger partial charge in [-0.1, -0.05) is 36.4 Å². The van der Waals surface area contributed by atoms with Crippen LogP contribution in [0, 0.1) is 0 Å². The van der Waals surface area contributed by atoms with Gasteiger partial charge in [-0.15, -0.1) is 0 Å². The van der Waals surface area contributed by atoms with E-state index in [0.29, 0.717) is 18.9 Å². The normalized spacial score (nSPS) is 20.2. The molecule has 5 rings (SSSR count). The molecule has 1 aliphatic heterocycles. The Hall–Kier alpha value is -3.68. The van der Waals surface area contributed by atoms with E-state index in [9.17, 15) is 14.4 Å². The minimum absolute atomic E-state index is 0.360. The van der Waals surface area contributed by atoms with Crippen molar-refractivity contribution in [3.8, 4) is 0 Å². The fourth-order valence-electron chi connectivity index (χ4n) is 4.75. The fourth-order valence-corrected chi connectivity index (χ4v) is 4.75. The summed E-state index contributed by atoms with van der Waals surface area (Å²) in [6, 6.07) is 14.7. The highest BCUT2D eigenvalue weighted by Crippen LogP contribution is 2.39. The van der Waals surface area contributed by atoms with Crippen LogP contribution in [-0.4, -0.2) is 38.8 Å². The van der Waals surface area contributed by atoms with E-state index < -0.39 is 17.5 Å². The van der Waals surface area contributed by atoms with E-state index >= 15 is 0 Å². The maximum atomic E-state index is 13.3. The van der Waals surface area contributed by atoms with Crippen molar-refractivity contribution in [2.75, 3.05) is 11.9 Å². The van der Waals surface area contributed by atoms with Crippen molar-refractivity contribution in [2.24, 2.45) is 0 Å². The van der Waals surface area contributed by atoms with Crippen LogP contribution in [0.1, 0.15) is 30.9 Å². The number of imidazole rings is 1. The van der Waals surface area contributed by atoms with Gasteiger partial charge in [0, 0.05) is 6.54 Å². The zero-order valence-corrected chi connectivity index (χ0v) is 17.2. The smallest absolute Gasteiger partial charge is 0.319 e. The van der Waals surface area contributed by atoms with Crippen molar-refractivity contribution in [3.05, 3.63) is 59.7 Å². The number of para-hydroxylation sites is 2. The van der Waals surface area contributed by atoms with Crippen LogP contribution in [0.2, 0.25) is 0 Å². The van der Waals surface area contributed by atoms with E-state index in [0.717, 1.165) is 39.9 Å². The van der Waals surface area contributed by atoms with Gasteiger partial charge in [-0.05, 0) is 49.4 Å². The Bertz CT molecular complexity index is 1220. The fraction of sp³-hybridized carbons (Fsp3) is 0.304. The highest BCUT2D eigenvalue weighted by Gasteiger charge is 2.54. The predicted molar refractivity (Wildman–Crippen MR) is 115 cm³/mol. The number of aromatic nitrogens is 2. The van der Waals surface area contributed by atoms with Crippen LogP contribution in [0.25, 0.3) is 11.0 Å². The first-order valence-corrected chi connectivity index (χ1v) is 10.5. The number of imide groups is 1. The molecule has 3 aromatic rings. The summed E-state index contributed by atoms with van der Waals surface area (Å²) in [7, 11) is 0. The molecule has 4 amide bonds. The van der Waals surface area contributed by atoms with E-state index in [2.05, 4.69) is 15.6 Å².